The summed E-state index contributed by atoms with van der Waals surface area (Å²) < 4.78 is 5.53. The van der Waals surface area contributed by atoms with Gasteiger partial charge in [0.25, 0.3) is 0 Å². The highest BCUT2D eigenvalue weighted by Crippen LogP contribution is 2.26. The second-order valence-electron chi connectivity index (χ2n) is 8.15. The summed E-state index contributed by atoms with van der Waals surface area (Å²) >= 11 is 0. The summed E-state index contributed by atoms with van der Waals surface area (Å²) in [6.07, 6.45) is 2.88. The van der Waals surface area contributed by atoms with E-state index in [4.69, 9.17) is 9.63 Å². The van der Waals surface area contributed by atoms with Gasteiger partial charge in [-0.25, -0.2) is 0 Å². The molecule has 1 aliphatic heterocycles. The maximum atomic E-state index is 10.9. The van der Waals surface area contributed by atoms with Crippen molar-refractivity contribution < 1.29 is 14.4 Å². The van der Waals surface area contributed by atoms with Crippen LogP contribution < -0.4 is 0 Å². The molecule has 0 spiro atoms. The minimum atomic E-state index is -0.717. The van der Waals surface area contributed by atoms with Crippen molar-refractivity contribution >= 4 is 5.97 Å². The first-order valence-corrected chi connectivity index (χ1v) is 9.94. The largest absolute Gasteiger partial charge is 0.481 e. The summed E-state index contributed by atoms with van der Waals surface area (Å²) in [4.78, 5) is 17.5. The first-order valence-electron chi connectivity index (χ1n) is 9.94. The molecule has 0 unspecified atom stereocenters. The lowest BCUT2D eigenvalue weighted by molar-refractivity contribution is -0.147. The number of benzene rings is 1. The molecular weight excluding hydrogens is 366 g/mol. The van der Waals surface area contributed by atoms with E-state index in [9.17, 15) is 4.79 Å². The molecule has 29 heavy (non-hydrogen) atoms. The fourth-order valence-electron chi connectivity index (χ4n) is 3.59. The average Bonchev–Trinajstić information content (AvgIpc) is 3.15. The van der Waals surface area contributed by atoms with Gasteiger partial charge in [0.1, 0.15) is 5.69 Å². The van der Waals surface area contributed by atoms with Crippen LogP contribution in [0.25, 0.3) is 22.7 Å². The number of aliphatic carboxylic acids is 1. The Morgan fingerprint density at radius 3 is 2.48 bits per heavy atom. The van der Waals surface area contributed by atoms with E-state index in [0.717, 1.165) is 29.0 Å². The Kier molecular flexibility index (Phi) is 5.45. The highest BCUT2D eigenvalue weighted by Gasteiger charge is 2.32. The number of carboxylic acid groups (broad SMARTS) is 1. The van der Waals surface area contributed by atoms with Gasteiger partial charge in [-0.2, -0.15) is 0 Å². The molecule has 0 radical (unpaired) electrons. The topological polar surface area (TPSA) is 79.5 Å². The molecule has 2 aromatic heterocycles. The lowest BCUT2D eigenvalue weighted by Crippen LogP contribution is -2.49. The molecule has 0 aliphatic carbocycles. The fraction of sp³-hybridized carbons (Fsp3) is 0.348. The highest BCUT2D eigenvalue weighted by molar-refractivity contribution is 5.71. The van der Waals surface area contributed by atoms with Crippen molar-refractivity contribution in [3.63, 3.8) is 0 Å². The fourth-order valence-corrected chi connectivity index (χ4v) is 3.59. The molecule has 0 saturated carbocycles. The van der Waals surface area contributed by atoms with Crippen molar-refractivity contribution in [2.24, 2.45) is 11.8 Å². The van der Waals surface area contributed by atoms with Gasteiger partial charge in [0.15, 0.2) is 5.76 Å². The Balaban J connectivity index is 1.39. The minimum absolute atomic E-state index is 0.241. The molecule has 0 atom stereocenters. The number of nitrogens with zero attached hydrogens (tertiary/aromatic N) is 3. The molecule has 6 heteroatoms. The van der Waals surface area contributed by atoms with E-state index in [-0.39, 0.29) is 5.92 Å². The molecule has 0 bridgehead atoms. The zero-order chi connectivity index (χ0) is 20.4. The van der Waals surface area contributed by atoms with Crippen molar-refractivity contribution in [2.45, 2.75) is 26.8 Å². The number of carboxylic acids is 1. The van der Waals surface area contributed by atoms with Gasteiger partial charge in [0, 0.05) is 37.5 Å². The lowest BCUT2D eigenvalue weighted by atomic mass is 10.00. The van der Waals surface area contributed by atoms with Crippen LogP contribution in [0.2, 0.25) is 0 Å². The van der Waals surface area contributed by atoms with Crippen LogP contribution in [0.3, 0.4) is 0 Å². The zero-order valence-corrected chi connectivity index (χ0v) is 16.7. The zero-order valence-electron chi connectivity index (χ0n) is 16.7. The first-order chi connectivity index (χ1) is 14.0. The Hall–Kier alpha value is -2.99. The number of likely N-dealkylation sites (tertiary alicyclic amines) is 1. The first kappa shape index (κ1) is 19.3. The number of hydrogen-bond acceptors (Lipinski definition) is 5. The quantitative estimate of drug-likeness (QED) is 0.653. The third kappa shape index (κ3) is 4.54. The lowest BCUT2D eigenvalue weighted by Gasteiger charge is -2.36. The number of carbonyl (C=O) groups is 1. The third-order valence-electron chi connectivity index (χ3n) is 5.19. The summed E-state index contributed by atoms with van der Waals surface area (Å²) in [6.45, 7) is 6.33. The van der Waals surface area contributed by atoms with E-state index in [1.165, 1.54) is 5.56 Å². The smallest absolute Gasteiger partial charge is 0.309 e. The predicted molar refractivity (Wildman–Crippen MR) is 110 cm³/mol. The average molecular weight is 391 g/mol. The summed E-state index contributed by atoms with van der Waals surface area (Å²) in [6, 6.07) is 14.2. The van der Waals surface area contributed by atoms with Gasteiger partial charge in [-0.15, -0.1) is 0 Å². The molecule has 1 saturated heterocycles. The summed E-state index contributed by atoms with van der Waals surface area (Å²) in [5.41, 5.74) is 4.83. The van der Waals surface area contributed by atoms with Crippen LogP contribution >= 0.6 is 0 Å². The van der Waals surface area contributed by atoms with Gasteiger partial charge in [-0.3, -0.25) is 14.7 Å². The Labute approximate surface area is 170 Å². The molecule has 1 fully saturated rings. The second-order valence-corrected chi connectivity index (χ2v) is 8.15. The molecule has 1 N–H and O–H groups in total. The second kappa shape index (κ2) is 8.17. The minimum Gasteiger partial charge on any atom is -0.481 e. The van der Waals surface area contributed by atoms with E-state index in [1.54, 1.807) is 0 Å². The van der Waals surface area contributed by atoms with E-state index in [1.807, 2.05) is 24.4 Å². The molecule has 6 nitrogen and oxygen atoms in total. The molecule has 3 heterocycles. The summed E-state index contributed by atoms with van der Waals surface area (Å²) in [7, 11) is 0. The van der Waals surface area contributed by atoms with Gasteiger partial charge >= 0.3 is 5.97 Å². The molecule has 1 aliphatic rings. The molecule has 1 aromatic carbocycles. The van der Waals surface area contributed by atoms with E-state index in [0.29, 0.717) is 31.2 Å². The standard InChI is InChI=1S/C23H25N3O3/c1-15(2)9-16-3-6-18(7-4-16)22-10-21(25-29-22)20-8-5-17(11-24-20)12-26-13-19(14-26)23(27)28/h3-8,10-11,15,19H,9,12-14H2,1-2H3,(H,27,28). The van der Waals surface area contributed by atoms with Crippen molar-refractivity contribution in [1.29, 1.82) is 0 Å². The number of pyridine rings is 1. The van der Waals surface area contributed by atoms with Gasteiger partial charge < -0.3 is 9.63 Å². The van der Waals surface area contributed by atoms with E-state index >= 15 is 0 Å². The Bertz CT molecular complexity index is 971. The van der Waals surface area contributed by atoms with Gasteiger partial charge in [-0.1, -0.05) is 49.3 Å². The third-order valence-corrected chi connectivity index (χ3v) is 5.19. The molecular formula is C23H25N3O3. The van der Waals surface area contributed by atoms with Crippen molar-refractivity contribution in [3.05, 3.63) is 59.8 Å². The van der Waals surface area contributed by atoms with Crippen LogP contribution in [-0.2, 0) is 17.8 Å². The van der Waals surface area contributed by atoms with Crippen LogP contribution in [0.5, 0.6) is 0 Å². The van der Waals surface area contributed by atoms with Crippen LogP contribution in [-0.4, -0.2) is 39.2 Å². The SMILES string of the molecule is CC(C)Cc1ccc(-c2cc(-c3ccc(CN4CC(C(=O)O)C4)cn3)no2)cc1. The van der Waals surface area contributed by atoms with Gasteiger partial charge in [0.05, 0.1) is 11.6 Å². The maximum absolute atomic E-state index is 10.9. The Morgan fingerprint density at radius 1 is 1.14 bits per heavy atom. The molecule has 0 amide bonds. The van der Waals surface area contributed by atoms with Crippen LogP contribution in [0.15, 0.2) is 53.2 Å². The van der Waals surface area contributed by atoms with Crippen LogP contribution in [0, 0.1) is 11.8 Å². The number of rotatable bonds is 7. The van der Waals surface area contributed by atoms with Crippen LogP contribution in [0.4, 0.5) is 0 Å². The van der Waals surface area contributed by atoms with Crippen LogP contribution in [0.1, 0.15) is 25.0 Å². The number of hydrogen-bond donors (Lipinski definition) is 1. The molecule has 4 rings (SSSR count). The highest BCUT2D eigenvalue weighted by atomic mass is 16.5. The maximum Gasteiger partial charge on any atom is 0.309 e. The van der Waals surface area contributed by atoms with Crippen molar-refractivity contribution in [2.75, 3.05) is 13.1 Å². The van der Waals surface area contributed by atoms with E-state index in [2.05, 4.69) is 53.2 Å². The monoisotopic (exact) mass is 391 g/mol. The molecule has 150 valence electrons. The molecule has 3 aromatic rings. The summed E-state index contributed by atoms with van der Waals surface area (Å²) in [5.74, 6) is 0.398. The summed E-state index contributed by atoms with van der Waals surface area (Å²) in [5, 5.41) is 13.1. The Morgan fingerprint density at radius 2 is 1.86 bits per heavy atom. The number of aromatic nitrogens is 2. The predicted octanol–water partition coefficient (Wildman–Crippen LogP) is 4.12. The van der Waals surface area contributed by atoms with Crippen molar-refractivity contribution in [1.82, 2.24) is 15.0 Å². The van der Waals surface area contributed by atoms with Crippen molar-refractivity contribution in [3.8, 4) is 22.7 Å². The van der Waals surface area contributed by atoms with Gasteiger partial charge in [0.2, 0.25) is 0 Å². The normalized spacial score (nSPS) is 14.9. The van der Waals surface area contributed by atoms with Gasteiger partial charge in [-0.05, 0) is 29.5 Å². The van der Waals surface area contributed by atoms with E-state index < -0.39 is 5.97 Å².